The molecule has 0 amide bonds. The van der Waals surface area contributed by atoms with E-state index >= 15 is 0 Å². The highest BCUT2D eigenvalue weighted by Crippen LogP contribution is 2.42. The number of hydrogen-bond donors (Lipinski definition) is 0. The van der Waals surface area contributed by atoms with Crippen molar-refractivity contribution in [2.45, 2.75) is 45.1 Å². The summed E-state index contributed by atoms with van der Waals surface area (Å²) >= 11 is 0. The minimum Gasteiger partial charge on any atom is -0.211 e. The summed E-state index contributed by atoms with van der Waals surface area (Å²) in [4.78, 5) is 28.0. The van der Waals surface area contributed by atoms with Crippen molar-refractivity contribution in [3.8, 4) is 0 Å². The summed E-state index contributed by atoms with van der Waals surface area (Å²) in [5, 5.41) is 0. The predicted molar refractivity (Wildman–Crippen MR) is 56.1 cm³/mol. The molecule has 0 aromatic heterocycles. The first-order valence-corrected chi connectivity index (χ1v) is 5.16. The van der Waals surface area contributed by atoms with E-state index in [9.17, 15) is 9.59 Å². The highest BCUT2D eigenvalue weighted by atomic mass is 16.1. The number of nitrogens with zero attached hydrogens (tertiary/aromatic N) is 2. The Hall–Kier alpha value is -1.24. The second-order valence-electron chi connectivity index (χ2n) is 5.03. The first kappa shape index (κ1) is 11.8. The summed E-state index contributed by atoms with van der Waals surface area (Å²) in [6.07, 6.45) is 6.83. The summed E-state index contributed by atoms with van der Waals surface area (Å²) in [6, 6.07) is 0. The molecule has 1 rings (SSSR count). The van der Waals surface area contributed by atoms with Crippen LogP contribution in [0.15, 0.2) is 9.98 Å². The van der Waals surface area contributed by atoms with Gasteiger partial charge in [-0.05, 0) is 24.7 Å². The molecule has 0 saturated heterocycles. The van der Waals surface area contributed by atoms with Crippen LogP contribution in [0.3, 0.4) is 0 Å². The molecule has 4 nitrogen and oxygen atoms in total. The molecule has 0 heterocycles. The standard InChI is InChI=1S/C11H16N2O2/c1-10(2)4-3-5-11(6-10,13-9-15)7-12-8-14/h3-7H2,1-2H3. The molecular weight excluding hydrogens is 192 g/mol. The maximum Gasteiger partial charge on any atom is 0.235 e. The average molecular weight is 208 g/mol. The number of hydrogen-bond acceptors (Lipinski definition) is 4. The first-order valence-electron chi connectivity index (χ1n) is 5.16. The van der Waals surface area contributed by atoms with Crippen molar-refractivity contribution in [1.29, 1.82) is 0 Å². The second kappa shape index (κ2) is 4.52. The fourth-order valence-electron chi connectivity index (χ4n) is 2.51. The van der Waals surface area contributed by atoms with Crippen LogP contribution in [0.1, 0.15) is 39.5 Å². The maximum absolute atomic E-state index is 10.4. The van der Waals surface area contributed by atoms with Gasteiger partial charge in [-0.3, -0.25) is 0 Å². The van der Waals surface area contributed by atoms with Gasteiger partial charge in [-0.2, -0.15) is 4.99 Å². The van der Waals surface area contributed by atoms with Crippen LogP contribution in [0.5, 0.6) is 0 Å². The molecule has 0 aromatic rings. The van der Waals surface area contributed by atoms with E-state index in [2.05, 4.69) is 23.8 Å². The van der Waals surface area contributed by atoms with Gasteiger partial charge in [0.15, 0.2) is 0 Å². The molecule has 1 aliphatic rings. The third-order valence-electron chi connectivity index (χ3n) is 3.02. The number of aliphatic imine (C=N–C) groups is 2. The molecular formula is C11H16N2O2. The zero-order valence-electron chi connectivity index (χ0n) is 9.25. The van der Waals surface area contributed by atoms with Gasteiger partial charge in [0.1, 0.15) is 0 Å². The zero-order chi connectivity index (χ0) is 11.4. The summed E-state index contributed by atoms with van der Waals surface area (Å²) in [6.45, 7) is 4.55. The molecule has 15 heavy (non-hydrogen) atoms. The molecule has 1 fully saturated rings. The van der Waals surface area contributed by atoms with Crippen molar-refractivity contribution < 1.29 is 9.59 Å². The fourth-order valence-corrected chi connectivity index (χ4v) is 2.51. The summed E-state index contributed by atoms with van der Waals surface area (Å²) in [5.74, 6) is 0. The Morgan fingerprint density at radius 1 is 1.20 bits per heavy atom. The Balaban J connectivity index is 2.89. The van der Waals surface area contributed by atoms with Crippen LogP contribution in [0.2, 0.25) is 0 Å². The Bertz CT molecular complexity index is 325. The monoisotopic (exact) mass is 208 g/mol. The Morgan fingerprint density at radius 3 is 2.47 bits per heavy atom. The summed E-state index contributed by atoms with van der Waals surface area (Å²) in [5.41, 5.74) is -0.363. The summed E-state index contributed by atoms with van der Waals surface area (Å²) < 4.78 is 0. The van der Waals surface area contributed by atoms with Crippen molar-refractivity contribution in [3.05, 3.63) is 0 Å². The normalized spacial score (nSPS) is 28.7. The van der Waals surface area contributed by atoms with Gasteiger partial charge in [0.25, 0.3) is 0 Å². The largest absolute Gasteiger partial charge is 0.235 e. The SMILES string of the molecule is CC1(C)CCCC(CN=C=O)(N=C=O)C1. The Morgan fingerprint density at radius 2 is 1.93 bits per heavy atom. The molecule has 1 unspecified atom stereocenters. The smallest absolute Gasteiger partial charge is 0.211 e. The van der Waals surface area contributed by atoms with Crippen LogP contribution in [-0.4, -0.2) is 24.2 Å². The van der Waals surface area contributed by atoms with Crippen LogP contribution in [0.25, 0.3) is 0 Å². The minimum atomic E-state index is -0.513. The van der Waals surface area contributed by atoms with Gasteiger partial charge in [0.2, 0.25) is 12.2 Å². The van der Waals surface area contributed by atoms with Gasteiger partial charge >= 0.3 is 0 Å². The van der Waals surface area contributed by atoms with Crippen LogP contribution >= 0.6 is 0 Å². The van der Waals surface area contributed by atoms with Gasteiger partial charge in [-0.25, -0.2) is 14.6 Å². The van der Waals surface area contributed by atoms with Crippen molar-refractivity contribution in [2.75, 3.05) is 6.54 Å². The molecule has 1 atom stereocenters. The van der Waals surface area contributed by atoms with E-state index in [4.69, 9.17) is 0 Å². The molecule has 0 spiro atoms. The van der Waals surface area contributed by atoms with Crippen molar-refractivity contribution >= 4 is 12.2 Å². The van der Waals surface area contributed by atoms with Crippen LogP contribution in [-0.2, 0) is 9.59 Å². The molecule has 0 aromatic carbocycles. The zero-order valence-corrected chi connectivity index (χ0v) is 9.25. The van der Waals surface area contributed by atoms with Crippen molar-refractivity contribution in [3.63, 3.8) is 0 Å². The molecule has 4 heteroatoms. The van der Waals surface area contributed by atoms with E-state index in [-0.39, 0.29) is 12.0 Å². The molecule has 1 aliphatic carbocycles. The van der Waals surface area contributed by atoms with Gasteiger partial charge < -0.3 is 0 Å². The van der Waals surface area contributed by atoms with Crippen LogP contribution < -0.4 is 0 Å². The predicted octanol–water partition coefficient (Wildman–Crippen LogP) is 2.00. The van der Waals surface area contributed by atoms with Gasteiger partial charge in [0, 0.05) is 0 Å². The van der Waals surface area contributed by atoms with Gasteiger partial charge in [-0.15, -0.1) is 0 Å². The van der Waals surface area contributed by atoms with E-state index in [1.54, 1.807) is 6.08 Å². The maximum atomic E-state index is 10.4. The highest BCUT2D eigenvalue weighted by Gasteiger charge is 2.40. The molecule has 0 bridgehead atoms. The van der Waals surface area contributed by atoms with E-state index in [1.165, 1.54) is 6.08 Å². The third kappa shape index (κ3) is 3.12. The lowest BCUT2D eigenvalue weighted by molar-refractivity contribution is 0.158. The molecule has 0 N–H and O–H groups in total. The molecule has 82 valence electrons. The van der Waals surface area contributed by atoms with E-state index in [0.717, 1.165) is 25.7 Å². The van der Waals surface area contributed by atoms with Gasteiger partial charge in [-0.1, -0.05) is 20.3 Å². The van der Waals surface area contributed by atoms with Crippen LogP contribution in [0.4, 0.5) is 0 Å². The first-order chi connectivity index (χ1) is 7.04. The number of isocyanates is 2. The molecule has 0 aliphatic heterocycles. The molecule has 0 radical (unpaired) electrons. The number of rotatable bonds is 3. The number of carbonyl (C=O) groups excluding carboxylic acids is 2. The van der Waals surface area contributed by atoms with Crippen molar-refractivity contribution in [2.24, 2.45) is 15.4 Å². The topological polar surface area (TPSA) is 58.9 Å². The second-order valence-corrected chi connectivity index (χ2v) is 5.03. The Labute approximate surface area is 89.5 Å². The van der Waals surface area contributed by atoms with E-state index in [0.29, 0.717) is 0 Å². The average Bonchev–Trinajstić information content (AvgIpc) is 2.14. The third-order valence-corrected chi connectivity index (χ3v) is 3.02. The van der Waals surface area contributed by atoms with Gasteiger partial charge in [0.05, 0.1) is 12.1 Å². The fraction of sp³-hybridized carbons (Fsp3) is 0.818. The minimum absolute atomic E-state index is 0.150. The van der Waals surface area contributed by atoms with Crippen LogP contribution in [0, 0.1) is 5.41 Å². The highest BCUT2D eigenvalue weighted by molar-refractivity contribution is 5.37. The quantitative estimate of drug-likeness (QED) is 0.526. The lowest BCUT2D eigenvalue weighted by atomic mass is 9.68. The lowest BCUT2D eigenvalue weighted by Crippen LogP contribution is -2.39. The lowest BCUT2D eigenvalue weighted by Gasteiger charge is -2.40. The van der Waals surface area contributed by atoms with E-state index < -0.39 is 5.54 Å². The van der Waals surface area contributed by atoms with Crippen molar-refractivity contribution in [1.82, 2.24) is 0 Å². The molecule has 1 saturated carbocycles. The Kier molecular flexibility index (Phi) is 3.57. The van der Waals surface area contributed by atoms with E-state index in [1.807, 2.05) is 0 Å². The summed E-state index contributed by atoms with van der Waals surface area (Å²) in [7, 11) is 0.